The molecule has 1 aliphatic rings. The number of esters is 1. The average molecular weight is 266 g/mol. The Labute approximate surface area is 112 Å². The van der Waals surface area contributed by atoms with Crippen molar-refractivity contribution in [3.63, 3.8) is 0 Å². The van der Waals surface area contributed by atoms with Crippen LogP contribution in [0.25, 0.3) is 0 Å². The highest BCUT2D eigenvalue weighted by Crippen LogP contribution is 2.31. The van der Waals surface area contributed by atoms with Crippen molar-refractivity contribution in [3.8, 4) is 11.6 Å². The van der Waals surface area contributed by atoms with Crippen molar-refractivity contribution in [2.45, 2.75) is 32.8 Å². The molecule has 0 saturated carbocycles. The molecule has 0 amide bonds. The summed E-state index contributed by atoms with van der Waals surface area (Å²) in [4.78, 5) is 15.6. The fourth-order valence-corrected chi connectivity index (χ4v) is 1.59. The highest BCUT2D eigenvalue weighted by Gasteiger charge is 2.17. The Balaban J connectivity index is 1.78. The molecule has 1 aliphatic heterocycles. The third kappa shape index (κ3) is 4.01. The molecule has 0 unspecified atom stereocenters. The lowest BCUT2D eigenvalue weighted by Gasteiger charge is -2.19. The van der Waals surface area contributed by atoms with Crippen molar-refractivity contribution in [3.05, 3.63) is 12.3 Å². The average Bonchev–Trinajstić information content (AvgIpc) is 2.73. The Morgan fingerprint density at radius 2 is 2.26 bits per heavy atom. The Morgan fingerprint density at radius 1 is 1.47 bits per heavy atom. The molecule has 2 rings (SSSR count). The van der Waals surface area contributed by atoms with Crippen molar-refractivity contribution in [1.82, 2.24) is 4.98 Å². The van der Waals surface area contributed by atoms with Crippen LogP contribution in [0.3, 0.4) is 0 Å². The molecule has 2 heterocycles. The Morgan fingerprint density at radius 3 is 3.00 bits per heavy atom. The molecule has 1 N–H and O–H groups in total. The van der Waals surface area contributed by atoms with Crippen LogP contribution in [0.5, 0.6) is 11.6 Å². The van der Waals surface area contributed by atoms with Gasteiger partial charge in [0.25, 0.3) is 5.88 Å². The predicted molar refractivity (Wildman–Crippen MR) is 69.3 cm³/mol. The van der Waals surface area contributed by atoms with Crippen LogP contribution in [-0.2, 0) is 9.53 Å². The van der Waals surface area contributed by atoms with E-state index in [1.165, 1.54) is 0 Å². The first-order valence-corrected chi connectivity index (χ1v) is 6.15. The molecule has 0 bridgehead atoms. The summed E-state index contributed by atoms with van der Waals surface area (Å²) >= 11 is 0. The van der Waals surface area contributed by atoms with Gasteiger partial charge in [-0.2, -0.15) is 0 Å². The predicted octanol–water partition coefficient (Wildman–Crippen LogP) is 1.95. The van der Waals surface area contributed by atoms with E-state index in [-0.39, 0.29) is 12.8 Å². The number of ether oxygens (including phenoxy) is 3. The Bertz CT molecular complexity index is 468. The maximum Gasteiger partial charge on any atom is 0.308 e. The van der Waals surface area contributed by atoms with E-state index in [0.717, 1.165) is 5.69 Å². The van der Waals surface area contributed by atoms with Gasteiger partial charge in [-0.1, -0.05) is 0 Å². The second-order valence-corrected chi connectivity index (χ2v) is 5.20. The van der Waals surface area contributed by atoms with E-state index in [1.807, 2.05) is 20.8 Å². The largest absolute Gasteiger partial charge is 0.460 e. The molecule has 104 valence electrons. The number of pyridine rings is 1. The normalized spacial score (nSPS) is 13.2. The summed E-state index contributed by atoms with van der Waals surface area (Å²) in [6.07, 6.45) is 1.94. The van der Waals surface area contributed by atoms with Gasteiger partial charge < -0.3 is 19.5 Å². The van der Waals surface area contributed by atoms with Crippen LogP contribution >= 0.6 is 0 Å². The molecule has 1 aromatic heterocycles. The lowest BCUT2D eigenvalue weighted by Crippen LogP contribution is -2.25. The summed E-state index contributed by atoms with van der Waals surface area (Å²) in [6.45, 7) is 6.22. The number of hydrogen-bond acceptors (Lipinski definition) is 6. The Kier molecular flexibility index (Phi) is 3.78. The number of hydrogen-bond donors (Lipinski definition) is 1. The number of carbonyl (C=O) groups is 1. The van der Waals surface area contributed by atoms with Crippen LogP contribution in [0.1, 0.15) is 27.2 Å². The van der Waals surface area contributed by atoms with E-state index in [0.29, 0.717) is 24.6 Å². The van der Waals surface area contributed by atoms with Crippen LogP contribution in [0.2, 0.25) is 0 Å². The van der Waals surface area contributed by atoms with Crippen molar-refractivity contribution in [1.29, 1.82) is 0 Å². The van der Waals surface area contributed by atoms with Gasteiger partial charge >= 0.3 is 5.97 Å². The summed E-state index contributed by atoms with van der Waals surface area (Å²) in [5.74, 6) is 0.883. The maximum atomic E-state index is 11.5. The SMILES string of the molecule is CC(C)(C)OC(=O)CCNc1cnc2c(c1)OCO2. The minimum Gasteiger partial charge on any atom is -0.460 e. The number of anilines is 1. The quantitative estimate of drug-likeness (QED) is 0.840. The summed E-state index contributed by atoms with van der Waals surface area (Å²) < 4.78 is 15.5. The zero-order chi connectivity index (χ0) is 13.9. The van der Waals surface area contributed by atoms with Crippen molar-refractivity contribution in [2.75, 3.05) is 18.7 Å². The molecule has 0 saturated heterocycles. The van der Waals surface area contributed by atoms with E-state index < -0.39 is 5.60 Å². The van der Waals surface area contributed by atoms with Crippen LogP contribution in [0.4, 0.5) is 5.69 Å². The molecule has 19 heavy (non-hydrogen) atoms. The van der Waals surface area contributed by atoms with E-state index in [1.54, 1.807) is 12.3 Å². The summed E-state index contributed by atoms with van der Waals surface area (Å²) in [5.41, 5.74) is 0.338. The second kappa shape index (κ2) is 5.34. The van der Waals surface area contributed by atoms with Crippen molar-refractivity contribution >= 4 is 11.7 Å². The lowest BCUT2D eigenvalue weighted by molar-refractivity contribution is -0.154. The van der Waals surface area contributed by atoms with Gasteiger partial charge in [0, 0.05) is 12.6 Å². The van der Waals surface area contributed by atoms with E-state index >= 15 is 0 Å². The summed E-state index contributed by atoms with van der Waals surface area (Å²) in [7, 11) is 0. The number of fused-ring (bicyclic) bond motifs is 1. The molecule has 0 radical (unpaired) electrons. The van der Waals surface area contributed by atoms with Crippen LogP contribution in [0, 0.1) is 0 Å². The van der Waals surface area contributed by atoms with Crippen molar-refractivity contribution < 1.29 is 19.0 Å². The maximum absolute atomic E-state index is 11.5. The van der Waals surface area contributed by atoms with Crippen LogP contribution < -0.4 is 14.8 Å². The zero-order valence-corrected chi connectivity index (χ0v) is 11.4. The minimum atomic E-state index is -0.447. The fraction of sp³-hybridized carbons (Fsp3) is 0.538. The van der Waals surface area contributed by atoms with Gasteiger partial charge in [0.15, 0.2) is 5.75 Å². The molecule has 0 spiro atoms. The first-order valence-electron chi connectivity index (χ1n) is 6.15. The van der Waals surface area contributed by atoms with E-state index in [2.05, 4.69) is 10.3 Å². The van der Waals surface area contributed by atoms with E-state index in [9.17, 15) is 4.79 Å². The molecule has 6 heteroatoms. The first-order chi connectivity index (χ1) is 8.94. The van der Waals surface area contributed by atoms with Gasteiger partial charge in [0.2, 0.25) is 6.79 Å². The Hall–Kier alpha value is -1.98. The van der Waals surface area contributed by atoms with Gasteiger partial charge in [-0.25, -0.2) is 4.98 Å². The molecular formula is C13H18N2O4. The van der Waals surface area contributed by atoms with Crippen LogP contribution in [-0.4, -0.2) is 29.9 Å². The van der Waals surface area contributed by atoms with Gasteiger partial charge in [-0.3, -0.25) is 4.79 Å². The highest BCUT2D eigenvalue weighted by atomic mass is 16.7. The van der Waals surface area contributed by atoms with Gasteiger partial charge in [-0.05, 0) is 20.8 Å². The fourth-order valence-electron chi connectivity index (χ4n) is 1.59. The molecule has 0 fully saturated rings. The van der Waals surface area contributed by atoms with Gasteiger partial charge in [0.05, 0.1) is 18.3 Å². The van der Waals surface area contributed by atoms with Gasteiger partial charge in [0.1, 0.15) is 5.60 Å². The molecule has 6 nitrogen and oxygen atoms in total. The first kappa shape index (κ1) is 13.5. The molecular weight excluding hydrogens is 248 g/mol. The molecule has 0 aliphatic carbocycles. The highest BCUT2D eigenvalue weighted by molar-refractivity contribution is 5.70. The minimum absolute atomic E-state index is 0.198. The monoisotopic (exact) mass is 266 g/mol. The number of nitrogens with zero attached hydrogens (tertiary/aromatic N) is 1. The summed E-state index contributed by atoms with van der Waals surface area (Å²) in [6, 6.07) is 1.80. The third-order valence-electron chi connectivity index (χ3n) is 2.31. The van der Waals surface area contributed by atoms with Gasteiger partial charge in [-0.15, -0.1) is 0 Å². The number of carbonyl (C=O) groups excluding carboxylic acids is 1. The van der Waals surface area contributed by atoms with Crippen molar-refractivity contribution in [2.24, 2.45) is 0 Å². The number of nitrogens with one attached hydrogen (secondary N) is 1. The van der Waals surface area contributed by atoms with E-state index in [4.69, 9.17) is 14.2 Å². The number of rotatable bonds is 4. The zero-order valence-electron chi connectivity index (χ0n) is 11.4. The smallest absolute Gasteiger partial charge is 0.308 e. The summed E-state index contributed by atoms with van der Waals surface area (Å²) in [5, 5.41) is 3.09. The molecule has 0 aromatic carbocycles. The van der Waals surface area contributed by atoms with Crippen LogP contribution in [0.15, 0.2) is 12.3 Å². The topological polar surface area (TPSA) is 69.7 Å². The third-order valence-corrected chi connectivity index (χ3v) is 2.31. The second-order valence-electron chi connectivity index (χ2n) is 5.20. The lowest BCUT2D eigenvalue weighted by atomic mass is 10.2. The standard InChI is InChI=1S/C13H18N2O4/c1-13(2,3)19-11(16)4-5-14-9-6-10-12(15-7-9)18-8-17-10/h6-7,14H,4-5,8H2,1-3H3. The number of aromatic nitrogens is 1. The molecule has 0 atom stereocenters. The molecule has 1 aromatic rings.